The van der Waals surface area contributed by atoms with Crippen molar-refractivity contribution >= 4 is 29.9 Å². The fourth-order valence-electron chi connectivity index (χ4n) is 2.46. The number of fused-ring (bicyclic) bond motifs is 1. The first-order valence-corrected chi connectivity index (χ1v) is 8.16. The van der Waals surface area contributed by atoms with Crippen molar-refractivity contribution in [2.75, 3.05) is 13.3 Å². The third-order valence-corrected chi connectivity index (χ3v) is 3.75. The van der Waals surface area contributed by atoms with E-state index in [1.54, 1.807) is 0 Å². The van der Waals surface area contributed by atoms with Gasteiger partial charge in [-0.05, 0) is 41.8 Å². The van der Waals surface area contributed by atoms with Crippen molar-refractivity contribution in [3.8, 4) is 17.2 Å². The molecule has 0 bridgehead atoms. The van der Waals surface area contributed by atoms with E-state index in [0.29, 0.717) is 12.1 Å². The van der Waals surface area contributed by atoms with Gasteiger partial charge in [-0.3, -0.25) is 0 Å². The monoisotopic (exact) mass is 509 g/mol. The second-order valence-corrected chi connectivity index (χ2v) is 5.76. The molecule has 0 amide bonds. The Bertz CT molecular complexity index is 814. The molecule has 3 N–H and O–H groups in total. The molecule has 1 heterocycles. The first-order chi connectivity index (χ1) is 12.9. The molecule has 1 aliphatic rings. The predicted molar refractivity (Wildman–Crippen MR) is 108 cm³/mol. The van der Waals surface area contributed by atoms with Gasteiger partial charge in [-0.1, -0.05) is 18.2 Å². The average molecular weight is 509 g/mol. The van der Waals surface area contributed by atoms with E-state index in [2.05, 4.69) is 15.0 Å². The second kappa shape index (κ2) is 9.71. The molecule has 0 atom stereocenters. The summed E-state index contributed by atoms with van der Waals surface area (Å²) in [6.07, 6.45) is -3.98. The first-order valence-electron chi connectivity index (χ1n) is 8.16. The maximum absolute atomic E-state index is 12.1. The van der Waals surface area contributed by atoms with E-state index in [9.17, 15) is 13.2 Å². The lowest BCUT2D eigenvalue weighted by Gasteiger charge is -2.09. The van der Waals surface area contributed by atoms with E-state index < -0.39 is 6.36 Å². The number of nitrogens with one attached hydrogen (secondary N) is 1. The van der Waals surface area contributed by atoms with Crippen LogP contribution in [0.2, 0.25) is 0 Å². The minimum absolute atomic E-state index is 0. The molecule has 0 unspecified atom stereocenters. The van der Waals surface area contributed by atoms with Crippen LogP contribution in [0.3, 0.4) is 0 Å². The number of halogens is 4. The van der Waals surface area contributed by atoms with Crippen molar-refractivity contribution in [2.24, 2.45) is 10.7 Å². The summed E-state index contributed by atoms with van der Waals surface area (Å²) in [6, 6.07) is 11.2. The van der Waals surface area contributed by atoms with Crippen LogP contribution in [0.25, 0.3) is 0 Å². The first kappa shape index (κ1) is 21.9. The molecule has 28 heavy (non-hydrogen) atoms. The lowest BCUT2D eigenvalue weighted by atomic mass is 10.1. The summed E-state index contributed by atoms with van der Waals surface area (Å²) in [5.41, 5.74) is 7.59. The standard InChI is InChI=1S/C18H18F3N3O3.HI/c19-18(20,21)27-14-4-1-13(2-5-14)10-24-17(22)23-8-7-12-3-6-15-16(9-12)26-11-25-15;/h1-6,9H,7-8,10-11H2,(H3,22,23,24);1H. The summed E-state index contributed by atoms with van der Waals surface area (Å²) in [4.78, 5) is 4.16. The molecule has 0 saturated carbocycles. The molecule has 2 aromatic rings. The predicted octanol–water partition coefficient (Wildman–Crippen LogP) is 3.58. The van der Waals surface area contributed by atoms with Crippen LogP contribution in [0.4, 0.5) is 13.2 Å². The summed E-state index contributed by atoms with van der Waals surface area (Å²) in [6.45, 7) is 1.06. The third kappa shape index (κ3) is 6.66. The van der Waals surface area contributed by atoms with E-state index in [1.807, 2.05) is 18.2 Å². The molecule has 0 aromatic heterocycles. The molecule has 0 spiro atoms. The molecule has 3 rings (SSSR count). The average Bonchev–Trinajstić information content (AvgIpc) is 3.07. The van der Waals surface area contributed by atoms with Crippen LogP contribution in [-0.2, 0) is 13.0 Å². The van der Waals surface area contributed by atoms with Crippen LogP contribution in [0.15, 0.2) is 47.5 Å². The quantitative estimate of drug-likeness (QED) is 0.354. The van der Waals surface area contributed by atoms with Gasteiger partial charge in [0.1, 0.15) is 5.75 Å². The number of benzene rings is 2. The zero-order valence-corrected chi connectivity index (χ0v) is 17.0. The number of ether oxygens (including phenoxy) is 3. The van der Waals surface area contributed by atoms with Crippen LogP contribution in [0.1, 0.15) is 11.1 Å². The van der Waals surface area contributed by atoms with Crippen molar-refractivity contribution in [1.82, 2.24) is 5.32 Å². The van der Waals surface area contributed by atoms with Crippen LogP contribution < -0.4 is 25.3 Å². The van der Waals surface area contributed by atoms with E-state index in [-0.39, 0.29) is 49.0 Å². The van der Waals surface area contributed by atoms with Gasteiger partial charge in [0.15, 0.2) is 17.5 Å². The highest BCUT2D eigenvalue weighted by molar-refractivity contribution is 14.0. The summed E-state index contributed by atoms with van der Waals surface area (Å²) in [5, 5.41) is 2.99. The fraction of sp³-hybridized carbons (Fsp3) is 0.278. The Hall–Kier alpha value is -2.37. The minimum Gasteiger partial charge on any atom is -0.454 e. The second-order valence-electron chi connectivity index (χ2n) is 5.76. The molecule has 0 fully saturated rings. The van der Waals surface area contributed by atoms with Gasteiger partial charge in [0, 0.05) is 6.54 Å². The van der Waals surface area contributed by atoms with Crippen molar-refractivity contribution < 1.29 is 27.4 Å². The van der Waals surface area contributed by atoms with Crippen molar-refractivity contribution in [3.05, 3.63) is 53.6 Å². The Labute approximate surface area is 176 Å². The highest BCUT2D eigenvalue weighted by atomic mass is 127. The molecule has 152 valence electrons. The number of nitrogens with two attached hydrogens (primary N) is 1. The summed E-state index contributed by atoms with van der Waals surface area (Å²) < 4.78 is 50.8. The van der Waals surface area contributed by atoms with Gasteiger partial charge >= 0.3 is 6.36 Å². The Balaban J connectivity index is 0.00000280. The van der Waals surface area contributed by atoms with Gasteiger partial charge in [-0.2, -0.15) is 0 Å². The number of hydrogen-bond donors (Lipinski definition) is 2. The maximum atomic E-state index is 12.1. The number of hydrogen-bond acceptors (Lipinski definition) is 4. The van der Waals surface area contributed by atoms with Gasteiger partial charge < -0.3 is 25.3 Å². The Morgan fingerprint density at radius 3 is 2.46 bits per heavy atom. The zero-order chi connectivity index (χ0) is 19.3. The maximum Gasteiger partial charge on any atom is 0.573 e. The molecule has 0 aliphatic carbocycles. The molecular formula is C18H19F3IN3O3. The zero-order valence-electron chi connectivity index (χ0n) is 14.7. The van der Waals surface area contributed by atoms with Crippen molar-refractivity contribution in [3.63, 3.8) is 0 Å². The van der Waals surface area contributed by atoms with Crippen molar-refractivity contribution in [1.29, 1.82) is 0 Å². The molecule has 6 nitrogen and oxygen atoms in total. The van der Waals surface area contributed by atoms with Gasteiger partial charge in [-0.25, -0.2) is 4.99 Å². The van der Waals surface area contributed by atoms with Gasteiger partial charge in [0.25, 0.3) is 0 Å². The van der Waals surface area contributed by atoms with E-state index in [0.717, 1.165) is 23.5 Å². The summed E-state index contributed by atoms with van der Waals surface area (Å²) in [5.74, 6) is 1.45. The number of aliphatic imine (C=N–C) groups is 1. The fourth-order valence-corrected chi connectivity index (χ4v) is 2.46. The molecular weight excluding hydrogens is 490 g/mol. The van der Waals surface area contributed by atoms with Crippen LogP contribution in [0.5, 0.6) is 17.2 Å². The van der Waals surface area contributed by atoms with Gasteiger partial charge in [-0.15, -0.1) is 37.1 Å². The molecule has 10 heteroatoms. The highest BCUT2D eigenvalue weighted by Crippen LogP contribution is 2.32. The molecule has 1 aliphatic heterocycles. The largest absolute Gasteiger partial charge is 0.573 e. The topological polar surface area (TPSA) is 78.1 Å². The molecule has 2 aromatic carbocycles. The number of alkyl halides is 3. The minimum atomic E-state index is -4.70. The normalized spacial score (nSPS) is 13.0. The van der Waals surface area contributed by atoms with Crippen molar-refractivity contribution in [2.45, 2.75) is 19.3 Å². The number of nitrogens with zero attached hydrogens (tertiary/aromatic N) is 1. The highest BCUT2D eigenvalue weighted by Gasteiger charge is 2.30. The Morgan fingerprint density at radius 2 is 1.75 bits per heavy atom. The SMILES string of the molecule is I.NC(=NCc1ccc(OC(F)(F)F)cc1)NCCc1ccc2c(c1)OCO2. The van der Waals surface area contributed by atoms with Gasteiger partial charge in [0.2, 0.25) is 6.79 Å². The van der Waals surface area contributed by atoms with Crippen LogP contribution in [0, 0.1) is 0 Å². The van der Waals surface area contributed by atoms with Crippen LogP contribution >= 0.6 is 24.0 Å². The number of guanidine groups is 1. The van der Waals surface area contributed by atoms with E-state index >= 15 is 0 Å². The lowest BCUT2D eigenvalue weighted by molar-refractivity contribution is -0.274. The van der Waals surface area contributed by atoms with Gasteiger partial charge in [0.05, 0.1) is 6.54 Å². The van der Waals surface area contributed by atoms with E-state index in [1.165, 1.54) is 24.3 Å². The molecule has 0 saturated heterocycles. The smallest absolute Gasteiger partial charge is 0.454 e. The van der Waals surface area contributed by atoms with E-state index in [4.69, 9.17) is 15.2 Å². The molecule has 0 radical (unpaired) electrons. The lowest BCUT2D eigenvalue weighted by Crippen LogP contribution is -2.33. The Morgan fingerprint density at radius 1 is 1.07 bits per heavy atom. The number of rotatable bonds is 6. The third-order valence-electron chi connectivity index (χ3n) is 3.75. The summed E-state index contributed by atoms with van der Waals surface area (Å²) >= 11 is 0. The summed E-state index contributed by atoms with van der Waals surface area (Å²) in [7, 11) is 0. The van der Waals surface area contributed by atoms with Crippen LogP contribution in [-0.4, -0.2) is 25.7 Å². The Kier molecular flexibility index (Phi) is 7.61.